The molecule has 1 aliphatic rings. The summed E-state index contributed by atoms with van der Waals surface area (Å²) in [6.07, 6.45) is 56.5. The molecule has 6 N–H and O–H groups in total. The lowest BCUT2D eigenvalue weighted by Gasteiger charge is -2.41. The Labute approximate surface area is 435 Å². The molecule has 1 heterocycles. The maximum atomic E-state index is 13.4. The van der Waals surface area contributed by atoms with E-state index in [9.17, 15) is 35.1 Å². The SMILES string of the molecule is CC/C=C\C/C=C\C/C=C\C/C=C\C/C=C\CCCCC(O)C(=O)NC(COC1OC(CO)C(O)C(O)C1OC(=O)CCC/C=C/C=C\C=C/C=C/C=C/CC)C(O)/C=C/CCCCCCCCCCCC. The Balaban J connectivity index is 2.83. The van der Waals surface area contributed by atoms with Crippen LogP contribution in [0.15, 0.2) is 134 Å². The molecule has 72 heavy (non-hydrogen) atoms. The number of aliphatic hydroxyl groups is 5. The monoisotopic (exact) mass is 1000 g/mol. The summed E-state index contributed by atoms with van der Waals surface area (Å²) >= 11 is 0. The van der Waals surface area contributed by atoms with Crippen molar-refractivity contribution in [2.75, 3.05) is 13.2 Å². The lowest BCUT2D eigenvalue weighted by Crippen LogP contribution is -2.61. The molecule has 11 heteroatoms. The number of carbonyl (C=O) groups is 2. The average Bonchev–Trinajstić information content (AvgIpc) is 3.38. The number of hydrogen-bond acceptors (Lipinski definition) is 10. The molecule has 8 unspecified atom stereocenters. The van der Waals surface area contributed by atoms with E-state index in [4.69, 9.17) is 14.2 Å². The minimum absolute atomic E-state index is 0.0148. The molecule has 1 fully saturated rings. The van der Waals surface area contributed by atoms with Crippen molar-refractivity contribution in [1.29, 1.82) is 0 Å². The van der Waals surface area contributed by atoms with Crippen LogP contribution >= 0.6 is 0 Å². The van der Waals surface area contributed by atoms with Gasteiger partial charge < -0.3 is 45.1 Å². The number of aliphatic hydroxyl groups excluding tert-OH is 5. The lowest BCUT2D eigenvalue weighted by atomic mass is 9.99. The lowest BCUT2D eigenvalue weighted by molar-refractivity contribution is -0.305. The van der Waals surface area contributed by atoms with Crippen molar-refractivity contribution in [3.8, 4) is 0 Å². The van der Waals surface area contributed by atoms with Crippen LogP contribution in [0.1, 0.15) is 175 Å². The zero-order chi connectivity index (χ0) is 52.5. The number of unbranched alkanes of at least 4 members (excludes halogenated alkanes) is 13. The number of ether oxygens (including phenoxy) is 3. The Kier molecular flexibility index (Phi) is 43.7. The van der Waals surface area contributed by atoms with Crippen molar-refractivity contribution < 1.29 is 49.3 Å². The first-order valence-electron chi connectivity index (χ1n) is 27.5. The second kappa shape index (κ2) is 47.8. The van der Waals surface area contributed by atoms with Crippen LogP contribution < -0.4 is 5.32 Å². The number of nitrogens with one attached hydrogen (secondary N) is 1. The molecule has 1 amide bonds. The van der Waals surface area contributed by atoms with Crippen molar-refractivity contribution in [1.82, 2.24) is 5.32 Å². The summed E-state index contributed by atoms with van der Waals surface area (Å²) in [6, 6.07) is -1.07. The van der Waals surface area contributed by atoms with Gasteiger partial charge in [-0.15, -0.1) is 0 Å². The predicted molar refractivity (Wildman–Crippen MR) is 296 cm³/mol. The molecule has 11 nitrogen and oxygen atoms in total. The number of hydrogen-bond donors (Lipinski definition) is 6. The van der Waals surface area contributed by atoms with Gasteiger partial charge >= 0.3 is 5.97 Å². The molecule has 8 atom stereocenters. The minimum Gasteiger partial charge on any atom is -0.454 e. The number of rotatable bonds is 43. The molecule has 0 aromatic heterocycles. The zero-order valence-electron chi connectivity index (χ0n) is 44.5. The van der Waals surface area contributed by atoms with E-state index < -0.39 is 67.4 Å². The van der Waals surface area contributed by atoms with Crippen molar-refractivity contribution in [3.05, 3.63) is 134 Å². The quantitative estimate of drug-likeness (QED) is 0.0149. The van der Waals surface area contributed by atoms with Crippen molar-refractivity contribution >= 4 is 11.9 Å². The third-order valence-corrected chi connectivity index (χ3v) is 11.9. The van der Waals surface area contributed by atoms with Gasteiger partial charge in [-0.2, -0.15) is 0 Å². The highest BCUT2D eigenvalue weighted by molar-refractivity contribution is 5.80. The van der Waals surface area contributed by atoms with E-state index in [-0.39, 0.29) is 19.4 Å². The van der Waals surface area contributed by atoms with Crippen LogP contribution in [0.25, 0.3) is 0 Å². The highest BCUT2D eigenvalue weighted by Crippen LogP contribution is 2.26. The Morgan fingerprint density at radius 3 is 1.65 bits per heavy atom. The van der Waals surface area contributed by atoms with Crippen LogP contribution in [0, 0.1) is 0 Å². The van der Waals surface area contributed by atoms with E-state index in [0.29, 0.717) is 19.3 Å². The van der Waals surface area contributed by atoms with Gasteiger partial charge in [0.05, 0.1) is 25.4 Å². The zero-order valence-corrected chi connectivity index (χ0v) is 44.5. The van der Waals surface area contributed by atoms with E-state index in [1.807, 2.05) is 60.8 Å². The number of carbonyl (C=O) groups excluding carboxylic acids is 2. The maximum Gasteiger partial charge on any atom is 0.306 e. The van der Waals surface area contributed by atoms with Crippen molar-refractivity contribution in [2.24, 2.45) is 0 Å². The van der Waals surface area contributed by atoms with Crippen LogP contribution in [0.2, 0.25) is 0 Å². The van der Waals surface area contributed by atoms with Gasteiger partial charge in [-0.1, -0.05) is 219 Å². The topological polar surface area (TPSA) is 175 Å². The summed E-state index contributed by atoms with van der Waals surface area (Å²) in [5.74, 6) is -1.32. The van der Waals surface area contributed by atoms with Gasteiger partial charge in [0.1, 0.15) is 24.4 Å². The van der Waals surface area contributed by atoms with E-state index in [1.54, 1.807) is 6.08 Å². The molecule has 0 spiro atoms. The molecular weight excluding hydrogens is 907 g/mol. The van der Waals surface area contributed by atoms with Crippen LogP contribution in [-0.4, -0.2) is 99.6 Å². The molecular formula is C61H97NO10. The highest BCUT2D eigenvalue weighted by Gasteiger charge is 2.47. The van der Waals surface area contributed by atoms with Crippen LogP contribution in [0.3, 0.4) is 0 Å². The van der Waals surface area contributed by atoms with Gasteiger partial charge in [0.15, 0.2) is 12.4 Å². The smallest absolute Gasteiger partial charge is 0.306 e. The fourth-order valence-corrected chi connectivity index (χ4v) is 7.59. The third kappa shape index (κ3) is 35.8. The normalized spacial score (nSPS) is 20.6. The summed E-state index contributed by atoms with van der Waals surface area (Å²) < 4.78 is 17.4. The second-order valence-corrected chi connectivity index (χ2v) is 18.3. The Hall–Kier alpha value is -4.20. The summed E-state index contributed by atoms with van der Waals surface area (Å²) in [4.78, 5) is 26.4. The largest absolute Gasteiger partial charge is 0.454 e. The molecule has 0 aromatic carbocycles. The van der Waals surface area contributed by atoms with Gasteiger partial charge in [-0.05, 0) is 83.5 Å². The molecule has 0 radical (unpaired) electrons. The van der Waals surface area contributed by atoms with Crippen LogP contribution in [-0.2, 0) is 23.8 Å². The molecule has 1 saturated heterocycles. The second-order valence-electron chi connectivity index (χ2n) is 18.3. The highest BCUT2D eigenvalue weighted by atomic mass is 16.7. The molecule has 1 rings (SSSR count). The van der Waals surface area contributed by atoms with E-state index in [2.05, 4.69) is 92.9 Å². The molecule has 0 aliphatic carbocycles. The van der Waals surface area contributed by atoms with E-state index in [0.717, 1.165) is 77.0 Å². The molecule has 0 aromatic rings. The van der Waals surface area contributed by atoms with Crippen LogP contribution in [0.4, 0.5) is 0 Å². The first-order chi connectivity index (χ1) is 35.2. The maximum absolute atomic E-state index is 13.4. The fraction of sp³-hybridized carbons (Fsp3) is 0.607. The third-order valence-electron chi connectivity index (χ3n) is 11.9. The Bertz CT molecular complexity index is 1670. The average molecular weight is 1000 g/mol. The summed E-state index contributed by atoms with van der Waals surface area (Å²) in [7, 11) is 0. The van der Waals surface area contributed by atoms with Gasteiger partial charge in [0.25, 0.3) is 0 Å². The van der Waals surface area contributed by atoms with Gasteiger partial charge in [0.2, 0.25) is 5.91 Å². The van der Waals surface area contributed by atoms with Crippen molar-refractivity contribution in [3.63, 3.8) is 0 Å². The Morgan fingerprint density at radius 1 is 0.569 bits per heavy atom. The number of esters is 1. The fourth-order valence-electron chi connectivity index (χ4n) is 7.59. The summed E-state index contributed by atoms with van der Waals surface area (Å²) in [5, 5.41) is 56.7. The molecule has 0 bridgehead atoms. The van der Waals surface area contributed by atoms with Crippen molar-refractivity contribution in [2.45, 2.75) is 224 Å². The molecule has 1 aliphatic heterocycles. The van der Waals surface area contributed by atoms with Gasteiger partial charge in [-0.3, -0.25) is 9.59 Å². The Morgan fingerprint density at radius 2 is 1.07 bits per heavy atom. The van der Waals surface area contributed by atoms with Gasteiger partial charge in [-0.25, -0.2) is 0 Å². The number of amides is 1. The van der Waals surface area contributed by atoms with E-state index >= 15 is 0 Å². The minimum atomic E-state index is -1.66. The molecule has 0 saturated carbocycles. The van der Waals surface area contributed by atoms with Gasteiger partial charge in [0, 0.05) is 6.42 Å². The summed E-state index contributed by atoms with van der Waals surface area (Å²) in [5.41, 5.74) is 0. The standard InChI is InChI=1S/C61H97NO10/c1-4-7-10-13-16-19-22-25-26-27-28-29-31-33-36-39-42-45-48-54(65)60(69)62-52(53(64)47-44-41-38-35-32-24-21-18-15-12-9-6-3)51-70-61-59(58(68)57(67)55(50-63)71-61)72-56(66)49-46-43-40-37-34-30-23-20-17-14-11-8-5-2/h7-8,10-11,14,16-17,19-20,23,25-26,28-30,33-34,36-37,40,44,47,52-55,57-59,61,63-65,67-68H,4-6,9,12-13,15,18,21-22,24,27,31-32,35,38-39,41-43,45-46,48-51H2,1-3H3,(H,62,69)/b10-7-,11-8+,17-14+,19-16-,23-20-,26-25-,29-28-,34-30-,36-33-,40-37+,47-44+. The van der Waals surface area contributed by atoms with E-state index in [1.165, 1.54) is 44.9 Å². The number of allylic oxidation sites excluding steroid dienone is 21. The summed E-state index contributed by atoms with van der Waals surface area (Å²) in [6.45, 7) is 5.42. The first-order valence-corrected chi connectivity index (χ1v) is 27.5. The predicted octanol–water partition coefficient (Wildman–Crippen LogP) is 12.1. The first kappa shape index (κ1) is 65.8. The molecule has 406 valence electrons. The van der Waals surface area contributed by atoms with Crippen LogP contribution in [0.5, 0.6) is 0 Å².